The summed E-state index contributed by atoms with van der Waals surface area (Å²) in [6, 6.07) is 12.4. The second-order valence-electron chi connectivity index (χ2n) is 8.56. The first kappa shape index (κ1) is 19.4. The molecule has 156 valence electrons. The molecule has 1 N–H and O–H groups in total. The summed E-state index contributed by atoms with van der Waals surface area (Å²) in [4.78, 5) is 13.6. The molecule has 1 saturated heterocycles. The van der Waals surface area contributed by atoms with Crippen molar-refractivity contribution >= 4 is 11.0 Å². The Bertz CT molecular complexity index is 1040. The number of likely N-dealkylation sites (tertiary alicyclic amines) is 1. The fraction of sp³-hybridized carbons (Fsp3) is 0.417. The monoisotopic (exact) mass is 404 g/mol. The number of aromatic nitrogens is 2. The van der Waals surface area contributed by atoms with Gasteiger partial charge in [0.25, 0.3) is 0 Å². The number of piperidine rings is 1. The van der Waals surface area contributed by atoms with Crippen molar-refractivity contribution in [2.24, 2.45) is 0 Å². The SMILES string of the molecule is CN1CCC(O)(c2ccc3c(c2)CN(Cc2cccc4nccnc24)CCO3)CC1. The summed E-state index contributed by atoms with van der Waals surface area (Å²) >= 11 is 0. The molecule has 1 aromatic heterocycles. The van der Waals surface area contributed by atoms with E-state index in [0.717, 1.165) is 73.5 Å². The zero-order chi connectivity index (χ0) is 20.6. The van der Waals surface area contributed by atoms with Crippen LogP contribution in [0.5, 0.6) is 5.75 Å². The molecule has 0 spiro atoms. The lowest BCUT2D eigenvalue weighted by Gasteiger charge is -2.37. The smallest absolute Gasteiger partial charge is 0.123 e. The third-order valence-corrected chi connectivity index (χ3v) is 6.45. The molecule has 3 heterocycles. The van der Waals surface area contributed by atoms with Gasteiger partial charge in [0, 0.05) is 50.7 Å². The van der Waals surface area contributed by atoms with Gasteiger partial charge >= 0.3 is 0 Å². The van der Waals surface area contributed by atoms with Gasteiger partial charge in [0.1, 0.15) is 12.4 Å². The van der Waals surface area contributed by atoms with Crippen molar-refractivity contribution in [3.05, 3.63) is 65.5 Å². The maximum Gasteiger partial charge on any atom is 0.123 e. The van der Waals surface area contributed by atoms with Crippen LogP contribution in [0.1, 0.15) is 29.5 Å². The van der Waals surface area contributed by atoms with Gasteiger partial charge in [0.15, 0.2) is 0 Å². The van der Waals surface area contributed by atoms with E-state index in [0.29, 0.717) is 6.61 Å². The highest BCUT2D eigenvalue weighted by atomic mass is 16.5. The largest absolute Gasteiger partial charge is 0.492 e. The normalized spacial score (nSPS) is 19.8. The molecule has 0 saturated carbocycles. The average Bonchev–Trinajstić information content (AvgIpc) is 2.97. The van der Waals surface area contributed by atoms with Crippen LogP contribution in [-0.4, -0.2) is 58.2 Å². The third kappa shape index (κ3) is 3.78. The van der Waals surface area contributed by atoms with Gasteiger partial charge in [-0.05, 0) is 49.2 Å². The highest BCUT2D eigenvalue weighted by Gasteiger charge is 2.33. The predicted molar refractivity (Wildman–Crippen MR) is 116 cm³/mol. The number of hydrogen-bond acceptors (Lipinski definition) is 6. The molecule has 0 bridgehead atoms. The van der Waals surface area contributed by atoms with Crippen molar-refractivity contribution in [1.29, 1.82) is 0 Å². The van der Waals surface area contributed by atoms with Crippen molar-refractivity contribution in [2.45, 2.75) is 31.5 Å². The van der Waals surface area contributed by atoms with E-state index in [-0.39, 0.29) is 0 Å². The standard InChI is InChI=1S/C24H28N4O2/c1-27-11-7-24(29,8-12-27)20-5-6-22-19(15-20)17-28(13-14-30-22)16-18-3-2-4-21-23(18)26-10-9-25-21/h2-6,9-10,15,29H,7-8,11-14,16-17H2,1H3. The highest BCUT2D eigenvalue weighted by Crippen LogP contribution is 2.36. The van der Waals surface area contributed by atoms with Crippen LogP contribution < -0.4 is 4.74 Å². The molecule has 0 radical (unpaired) electrons. The second-order valence-corrected chi connectivity index (χ2v) is 8.56. The van der Waals surface area contributed by atoms with E-state index in [1.807, 2.05) is 24.3 Å². The Morgan fingerprint density at radius 2 is 1.90 bits per heavy atom. The Morgan fingerprint density at radius 3 is 2.77 bits per heavy atom. The number of benzene rings is 2. The molecule has 3 aromatic rings. The van der Waals surface area contributed by atoms with E-state index in [1.54, 1.807) is 12.4 Å². The molecule has 2 aromatic carbocycles. The Balaban J connectivity index is 1.40. The average molecular weight is 405 g/mol. The molecule has 0 aliphatic carbocycles. The van der Waals surface area contributed by atoms with Gasteiger partial charge in [-0.2, -0.15) is 0 Å². The van der Waals surface area contributed by atoms with Gasteiger partial charge in [-0.3, -0.25) is 14.9 Å². The molecule has 30 heavy (non-hydrogen) atoms. The van der Waals surface area contributed by atoms with Crippen LogP contribution in [0.3, 0.4) is 0 Å². The topological polar surface area (TPSA) is 61.7 Å². The minimum Gasteiger partial charge on any atom is -0.492 e. The summed E-state index contributed by atoms with van der Waals surface area (Å²) in [5.41, 5.74) is 4.46. The van der Waals surface area contributed by atoms with E-state index in [1.165, 1.54) is 5.56 Å². The van der Waals surface area contributed by atoms with Gasteiger partial charge in [-0.1, -0.05) is 18.2 Å². The first-order chi connectivity index (χ1) is 14.6. The lowest BCUT2D eigenvalue weighted by molar-refractivity contribution is -0.0204. The summed E-state index contributed by atoms with van der Waals surface area (Å²) in [7, 11) is 2.11. The van der Waals surface area contributed by atoms with Crippen LogP contribution in [0.25, 0.3) is 11.0 Å². The second kappa shape index (κ2) is 7.95. The summed E-state index contributed by atoms with van der Waals surface area (Å²) in [5.74, 6) is 0.926. The summed E-state index contributed by atoms with van der Waals surface area (Å²) < 4.78 is 6.04. The molecule has 0 atom stereocenters. The molecule has 0 amide bonds. The number of aliphatic hydroxyl groups is 1. The first-order valence-corrected chi connectivity index (χ1v) is 10.7. The van der Waals surface area contributed by atoms with E-state index in [2.05, 4.69) is 38.9 Å². The van der Waals surface area contributed by atoms with E-state index in [4.69, 9.17) is 4.74 Å². The number of hydrogen-bond donors (Lipinski definition) is 1. The van der Waals surface area contributed by atoms with Crippen molar-refractivity contribution in [3.8, 4) is 5.75 Å². The highest BCUT2D eigenvalue weighted by molar-refractivity contribution is 5.77. The van der Waals surface area contributed by atoms with Gasteiger partial charge in [0.05, 0.1) is 16.6 Å². The molecule has 5 rings (SSSR count). The van der Waals surface area contributed by atoms with Gasteiger partial charge in [0.2, 0.25) is 0 Å². The van der Waals surface area contributed by atoms with Gasteiger partial charge in [-0.25, -0.2) is 0 Å². The van der Waals surface area contributed by atoms with E-state index < -0.39 is 5.60 Å². The number of nitrogens with zero attached hydrogens (tertiary/aromatic N) is 4. The fourth-order valence-electron chi connectivity index (χ4n) is 4.57. The van der Waals surface area contributed by atoms with Crippen LogP contribution in [-0.2, 0) is 18.7 Å². The van der Waals surface area contributed by atoms with Crippen molar-refractivity contribution in [2.75, 3.05) is 33.3 Å². The number of rotatable bonds is 3. The minimum absolute atomic E-state index is 0.651. The Morgan fingerprint density at radius 1 is 1.07 bits per heavy atom. The van der Waals surface area contributed by atoms with Crippen molar-refractivity contribution in [1.82, 2.24) is 19.8 Å². The molecule has 1 fully saturated rings. The van der Waals surface area contributed by atoms with Crippen molar-refractivity contribution in [3.63, 3.8) is 0 Å². The lowest BCUT2D eigenvalue weighted by atomic mass is 9.84. The Hall–Kier alpha value is -2.54. The number of para-hydroxylation sites is 1. The summed E-state index contributed by atoms with van der Waals surface area (Å²) in [6.07, 6.45) is 5.02. The fourth-order valence-corrected chi connectivity index (χ4v) is 4.57. The quantitative estimate of drug-likeness (QED) is 0.724. The first-order valence-electron chi connectivity index (χ1n) is 10.7. The molecule has 6 heteroatoms. The van der Waals surface area contributed by atoms with Crippen LogP contribution in [0.15, 0.2) is 48.8 Å². The van der Waals surface area contributed by atoms with Crippen molar-refractivity contribution < 1.29 is 9.84 Å². The molecular formula is C24H28N4O2. The molecule has 2 aliphatic heterocycles. The van der Waals surface area contributed by atoms with Crippen LogP contribution >= 0.6 is 0 Å². The van der Waals surface area contributed by atoms with Crippen LogP contribution in [0.4, 0.5) is 0 Å². The van der Waals surface area contributed by atoms with Crippen LogP contribution in [0, 0.1) is 0 Å². The molecular weight excluding hydrogens is 376 g/mol. The number of fused-ring (bicyclic) bond motifs is 2. The van der Waals surface area contributed by atoms with Gasteiger partial charge in [-0.15, -0.1) is 0 Å². The number of ether oxygens (including phenoxy) is 1. The Labute approximate surface area is 177 Å². The Kier molecular flexibility index (Phi) is 5.15. The predicted octanol–water partition coefficient (Wildman–Crippen LogP) is 2.94. The third-order valence-electron chi connectivity index (χ3n) is 6.45. The maximum absolute atomic E-state index is 11.3. The van der Waals surface area contributed by atoms with E-state index >= 15 is 0 Å². The molecule has 2 aliphatic rings. The summed E-state index contributed by atoms with van der Waals surface area (Å²) in [6.45, 7) is 4.90. The van der Waals surface area contributed by atoms with Gasteiger partial charge < -0.3 is 14.7 Å². The molecule has 0 unspecified atom stereocenters. The minimum atomic E-state index is -0.746. The lowest BCUT2D eigenvalue weighted by Crippen LogP contribution is -2.40. The zero-order valence-electron chi connectivity index (χ0n) is 17.4. The molecule has 6 nitrogen and oxygen atoms in total. The summed E-state index contributed by atoms with van der Waals surface area (Å²) in [5, 5.41) is 11.3. The zero-order valence-corrected chi connectivity index (χ0v) is 17.4. The maximum atomic E-state index is 11.3. The van der Waals surface area contributed by atoms with Crippen LogP contribution in [0.2, 0.25) is 0 Å². The van der Waals surface area contributed by atoms with E-state index in [9.17, 15) is 5.11 Å².